The van der Waals surface area contributed by atoms with Crippen LogP contribution in [0.5, 0.6) is 0 Å². The molecule has 0 aliphatic carbocycles. The lowest BCUT2D eigenvalue weighted by Crippen LogP contribution is -2.58. The summed E-state index contributed by atoms with van der Waals surface area (Å²) in [4.78, 5) is 13.3. The van der Waals surface area contributed by atoms with Crippen molar-refractivity contribution in [3.63, 3.8) is 0 Å². The zero-order valence-corrected chi connectivity index (χ0v) is 34.5. The molecule has 2 atom stereocenters. The Morgan fingerprint density at radius 1 is 0.981 bits per heavy atom. The molecule has 0 spiro atoms. The van der Waals surface area contributed by atoms with Gasteiger partial charge in [0.1, 0.15) is 23.8 Å². The summed E-state index contributed by atoms with van der Waals surface area (Å²) in [5.74, 6) is 0.859. The van der Waals surface area contributed by atoms with E-state index in [1.807, 2.05) is 25.3 Å². The highest BCUT2D eigenvalue weighted by Crippen LogP contribution is 2.27. The van der Waals surface area contributed by atoms with Crippen molar-refractivity contribution >= 4 is 48.3 Å². The number of likely N-dealkylation sites (N-methyl/N-ethyl adjacent to an activating group) is 2. The maximum atomic E-state index is 13.5. The van der Waals surface area contributed by atoms with E-state index in [1.54, 1.807) is 29.6 Å². The molecule has 0 radical (unpaired) electrons. The fraction of sp³-hybridized carbons (Fsp3) is 0.357. The molecule has 284 valence electrons. The maximum absolute atomic E-state index is 13.5. The van der Waals surface area contributed by atoms with Crippen LogP contribution < -0.4 is 10.5 Å². The lowest BCUT2D eigenvalue weighted by atomic mass is 10.2. The first-order valence-electron chi connectivity index (χ1n) is 18.2. The molecule has 0 saturated carbocycles. The van der Waals surface area contributed by atoms with E-state index in [9.17, 15) is 4.39 Å². The van der Waals surface area contributed by atoms with E-state index >= 15 is 0 Å². The monoisotopic (exact) mass is 755 g/mol. The predicted octanol–water partition coefficient (Wildman–Crippen LogP) is 8.13. The molecule has 8 nitrogen and oxygen atoms in total. The van der Waals surface area contributed by atoms with Gasteiger partial charge in [-0.25, -0.2) is 14.4 Å². The number of halogens is 1. The second kappa shape index (κ2) is 22.0. The molecule has 3 aromatic carbocycles. The van der Waals surface area contributed by atoms with Crippen LogP contribution in [-0.2, 0) is 10.5 Å². The van der Waals surface area contributed by atoms with Crippen molar-refractivity contribution in [1.29, 1.82) is 0 Å². The standard InChI is InChI=1S/C42H58FN7OSSi/c1-11-28-44-32-50(35(7)49(9)42(52-10)46-34(6)37-24-26-38(43)27-25-37)47-41(12-2)48(8)29-39(45-13-3)30-51-53(33(4)5,40-22-18-15-19-23-40)31-36-20-16-14-17-21-36/h12,14-27,32-33,39,45H,2,6-7,11,13,28-31H2,1,3-5,8-10H3. The number of benzene rings is 3. The predicted molar refractivity (Wildman–Crippen MR) is 230 cm³/mol. The van der Waals surface area contributed by atoms with Crippen LogP contribution in [0.4, 0.5) is 4.39 Å². The lowest BCUT2D eigenvalue weighted by Gasteiger charge is -2.38. The van der Waals surface area contributed by atoms with Gasteiger partial charge in [0.2, 0.25) is 8.32 Å². The first-order valence-corrected chi connectivity index (χ1v) is 21.6. The SMILES string of the molecule is C=CC(=NN(C=NCCC)C(=C)N(C)C(=NC(=C)c1ccc(F)cc1)SC)N(C)CC(CO[Si](Cc1ccccc1)(c1ccccc1)C(C)C)NCC. The van der Waals surface area contributed by atoms with Gasteiger partial charge in [0.05, 0.1) is 12.3 Å². The minimum atomic E-state index is -2.48. The van der Waals surface area contributed by atoms with Crippen LogP contribution in [-0.4, -0.2) is 93.1 Å². The molecule has 0 aliphatic heterocycles. The van der Waals surface area contributed by atoms with Crippen molar-refractivity contribution in [1.82, 2.24) is 20.1 Å². The van der Waals surface area contributed by atoms with Crippen molar-refractivity contribution in [3.05, 3.63) is 134 Å². The molecule has 11 heteroatoms. The molecule has 53 heavy (non-hydrogen) atoms. The Hall–Kier alpha value is -4.29. The third-order valence-electron chi connectivity index (χ3n) is 8.89. The van der Waals surface area contributed by atoms with E-state index in [2.05, 4.69) is 123 Å². The molecule has 2 unspecified atom stereocenters. The second-order valence-electron chi connectivity index (χ2n) is 13.1. The number of hydrogen-bond donors (Lipinski definition) is 1. The Balaban J connectivity index is 1.88. The van der Waals surface area contributed by atoms with Gasteiger partial charge in [0, 0.05) is 33.2 Å². The number of hydrazone groups is 1. The van der Waals surface area contributed by atoms with E-state index in [0.717, 1.165) is 24.6 Å². The van der Waals surface area contributed by atoms with Crippen LogP contribution >= 0.6 is 11.8 Å². The molecule has 0 aromatic heterocycles. The van der Waals surface area contributed by atoms with Crippen LogP contribution in [0.1, 0.15) is 45.2 Å². The summed E-state index contributed by atoms with van der Waals surface area (Å²) in [6.07, 6.45) is 6.24. The Morgan fingerprint density at radius 2 is 1.62 bits per heavy atom. The quantitative estimate of drug-likeness (QED) is 0.0544. The number of aliphatic imine (C=N–C) groups is 2. The third kappa shape index (κ3) is 12.7. The minimum absolute atomic E-state index is 0.0149. The van der Waals surface area contributed by atoms with Gasteiger partial charge < -0.3 is 19.5 Å². The zero-order valence-electron chi connectivity index (χ0n) is 32.6. The van der Waals surface area contributed by atoms with Crippen molar-refractivity contribution in [2.45, 2.75) is 51.7 Å². The molecule has 0 saturated heterocycles. The summed E-state index contributed by atoms with van der Waals surface area (Å²) >= 11 is 1.44. The van der Waals surface area contributed by atoms with Crippen molar-refractivity contribution in [3.8, 4) is 0 Å². The van der Waals surface area contributed by atoms with Crippen molar-refractivity contribution in [2.75, 3.05) is 46.6 Å². The molecule has 0 bridgehead atoms. The van der Waals surface area contributed by atoms with Crippen LogP contribution in [0.15, 0.2) is 132 Å². The number of nitrogens with zero attached hydrogens (tertiary/aromatic N) is 6. The summed E-state index contributed by atoms with van der Waals surface area (Å²) in [6, 6.07) is 28.5. The summed E-state index contributed by atoms with van der Waals surface area (Å²) in [6.45, 7) is 24.0. The van der Waals surface area contributed by atoms with E-state index in [-0.39, 0.29) is 11.9 Å². The van der Waals surface area contributed by atoms with Gasteiger partial charge in [-0.15, -0.1) is 5.10 Å². The smallest absolute Gasteiger partial charge is 0.231 e. The Morgan fingerprint density at radius 3 is 2.19 bits per heavy atom. The highest BCUT2D eigenvalue weighted by molar-refractivity contribution is 8.13. The van der Waals surface area contributed by atoms with Crippen LogP contribution in [0.3, 0.4) is 0 Å². The normalized spacial score (nSPS) is 13.8. The zero-order chi connectivity index (χ0) is 38.8. The van der Waals surface area contributed by atoms with Crippen LogP contribution in [0, 0.1) is 5.82 Å². The van der Waals surface area contributed by atoms with Gasteiger partial charge in [-0.05, 0) is 77.5 Å². The molecule has 3 rings (SSSR count). The van der Waals surface area contributed by atoms with E-state index < -0.39 is 8.32 Å². The summed E-state index contributed by atoms with van der Waals surface area (Å²) in [5, 5.41) is 12.2. The van der Waals surface area contributed by atoms with Crippen LogP contribution in [0.2, 0.25) is 5.54 Å². The first-order chi connectivity index (χ1) is 25.5. The highest BCUT2D eigenvalue weighted by Gasteiger charge is 2.41. The van der Waals surface area contributed by atoms with Crippen LogP contribution in [0.25, 0.3) is 5.70 Å². The molecule has 1 N–H and O–H groups in total. The van der Waals surface area contributed by atoms with E-state index in [0.29, 0.717) is 47.8 Å². The van der Waals surface area contributed by atoms with Gasteiger partial charge in [0.25, 0.3) is 0 Å². The Bertz CT molecular complexity index is 1680. The van der Waals surface area contributed by atoms with Crippen molar-refractivity contribution < 1.29 is 8.82 Å². The minimum Gasteiger partial charge on any atom is -0.410 e. The first kappa shape index (κ1) is 43.1. The fourth-order valence-electron chi connectivity index (χ4n) is 5.84. The summed E-state index contributed by atoms with van der Waals surface area (Å²) in [5.41, 5.74) is 2.87. The summed E-state index contributed by atoms with van der Waals surface area (Å²) < 4.78 is 20.8. The molecule has 0 amide bonds. The van der Waals surface area contributed by atoms with Gasteiger partial charge in [0.15, 0.2) is 5.17 Å². The third-order valence-corrected chi connectivity index (χ3v) is 14.4. The Kier molecular flexibility index (Phi) is 17.9. The second-order valence-corrected chi connectivity index (χ2v) is 18.0. The molecule has 0 fully saturated rings. The number of amidine groups is 2. The fourth-order valence-corrected chi connectivity index (χ4v) is 10.4. The van der Waals surface area contributed by atoms with Gasteiger partial charge in [-0.2, -0.15) is 0 Å². The maximum Gasteiger partial charge on any atom is 0.231 e. The van der Waals surface area contributed by atoms with E-state index in [1.165, 1.54) is 34.6 Å². The molecular weight excluding hydrogens is 698 g/mol. The number of rotatable bonds is 20. The molecular formula is C42H58FN7OSSi. The van der Waals surface area contributed by atoms with Gasteiger partial charge in [-0.1, -0.05) is 120 Å². The Labute approximate surface area is 323 Å². The van der Waals surface area contributed by atoms with Crippen molar-refractivity contribution in [2.24, 2.45) is 15.1 Å². The summed E-state index contributed by atoms with van der Waals surface area (Å²) in [7, 11) is 1.40. The average molecular weight is 756 g/mol. The largest absolute Gasteiger partial charge is 0.410 e. The number of thioether (sulfide) groups is 1. The van der Waals surface area contributed by atoms with Gasteiger partial charge >= 0.3 is 0 Å². The average Bonchev–Trinajstić information content (AvgIpc) is 3.17. The lowest BCUT2D eigenvalue weighted by molar-refractivity contribution is 0.232. The number of nitrogens with one attached hydrogen (secondary N) is 1. The molecule has 3 aromatic rings. The topological polar surface area (TPSA) is 68.1 Å². The van der Waals surface area contributed by atoms with Gasteiger partial charge in [-0.3, -0.25) is 4.99 Å². The van der Waals surface area contributed by atoms with E-state index in [4.69, 9.17) is 14.5 Å². The highest BCUT2D eigenvalue weighted by atomic mass is 32.2. The molecule has 0 heterocycles. The molecule has 0 aliphatic rings. The number of hydrogen-bond acceptors (Lipinski definition) is 6.